The molecule has 3 aromatic rings. The van der Waals surface area contributed by atoms with E-state index in [4.69, 9.17) is 4.98 Å². The van der Waals surface area contributed by atoms with Gasteiger partial charge in [0.1, 0.15) is 5.82 Å². The van der Waals surface area contributed by atoms with E-state index in [0.717, 1.165) is 56.1 Å². The van der Waals surface area contributed by atoms with E-state index < -0.39 is 0 Å². The normalized spacial score (nSPS) is 18.6. The lowest BCUT2D eigenvalue weighted by Gasteiger charge is -2.37. The van der Waals surface area contributed by atoms with Gasteiger partial charge in [-0.05, 0) is 47.9 Å². The highest BCUT2D eigenvalue weighted by molar-refractivity contribution is 5.85. The summed E-state index contributed by atoms with van der Waals surface area (Å²) in [7, 11) is 1.84. The highest BCUT2D eigenvalue weighted by atomic mass is 35.5. The van der Waals surface area contributed by atoms with Crippen LogP contribution in [0.2, 0.25) is 0 Å². The molecule has 5 rings (SSSR count). The van der Waals surface area contributed by atoms with E-state index in [2.05, 4.69) is 59.8 Å². The van der Waals surface area contributed by atoms with Crippen molar-refractivity contribution in [1.82, 2.24) is 24.0 Å². The zero-order valence-corrected chi connectivity index (χ0v) is 22.9. The average Bonchev–Trinajstić information content (AvgIpc) is 3.02. The quantitative estimate of drug-likeness (QED) is 0.513. The summed E-state index contributed by atoms with van der Waals surface area (Å²) in [5, 5.41) is 0. The third kappa shape index (κ3) is 5.84. The minimum atomic E-state index is 0. The third-order valence-electron chi connectivity index (χ3n) is 7.00. The van der Waals surface area contributed by atoms with Crippen LogP contribution in [0.15, 0.2) is 35.3 Å². The largest absolute Gasteiger partial charge is 0.356 e. The Morgan fingerprint density at radius 2 is 1.91 bits per heavy atom. The summed E-state index contributed by atoms with van der Waals surface area (Å²) in [4.78, 5) is 27.4. The van der Waals surface area contributed by atoms with Crippen molar-refractivity contribution < 1.29 is 0 Å². The van der Waals surface area contributed by atoms with Gasteiger partial charge in [0.25, 0.3) is 0 Å². The molecular weight excluding hydrogens is 483 g/mol. The number of pyridine rings is 2. The molecule has 1 atom stereocenters. The zero-order valence-electron chi connectivity index (χ0n) is 21.2. The van der Waals surface area contributed by atoms with Crippen molar-refractivity contribution in [3.05, 3.63) is 52.2 Å². The maximum atomic E-state index is 12.9. The van der Waals surface area contributed by atoms with Crippen LogP contribution in [-0.4, -0.2) is 50.2 Å². The van der Waals surface area contributed by atoms with Gasteiger partial charge >= 0.3 is 5.69 Å². The smallest absolute Gasteiger partial charge is 0.330 e. The highest BCUT2D eigenvalue weighted by Gasteiger charge is 2.26. The Morgan fingerprint density at radius 3 is 2.69 bits per heavy atom. The van der Waals surface area contributed by atoms with Gasteiger partial charge in [0.2, 0.25) is 0 Å². The van der Waals surface area contributed by atoms with E-state index in [0.29, 0.717) is 12.5 Å². The molecule has 7 nitrogen and oxygen atoms in total. The summed E-state index contributed by atoms with van der Waals surface area (Å²) in [6.07, 6.45) is 5.39. The van der Waals surface area contributed by atoms with Crippen LogP contribution in [-0.2, 0) is 26.6 Å². The average molecular weight is 522 g/mol. The second-order valence-electron chi connectivity index (χ2n) is 11.0. The standard InChI is InChI=1S/C26H36N6O.2ClH/c1-26(2,3)18-32-22-9-10-23(28-24(22)29(4)25(32)33)31-13-6-7-19(16-31)15-30-14-11-21-20(17-30)8-5-12-27-21;;/h5,8-10,12,19H,6-7,11,13-18H2,1-4H3;2*1H. The minimum absolute atomic E-state index is 0. The number of aromatic nitrogens is 4. The Morgan fingerprint density at radius 1 is 1.11 bits per heavy atom. The molecule has 0 radical (unpaired) electrons. The monoisotopic (exact) mass is 520 g/mol. The van der Waals surface area contributed by atoms with Crippen molar-refractivity contribution in [2.45, 2.75) is 53.1 Å². The molecule has 5 heterocycles. The van der Waals surface area contributed by atoms with Crippen LogP contribution in [0.5, 0.6) is 0 Å². The van der Waals surface area contributed by atoms with Crippen LogP contribution < -0.4 is 10.6 Å². The van der Waals surface area contributed by atoms with Gasteiger partial charge in [-0.3, -0.25) is 19.0 Å². The Kier molecular flexibility index (Phi) is 8.56. The minimum Gasteiger partial charge on any atom is -0.356 e. The van der Waals surface area contributed by atoms with E-state index in [1.807, 2.05) is 17.8 Å². The molecule has 0 amide bonds. The number of nitrogens with zero attached hydrogens (tertiary/aromatic N) is 6. The Labute approximate surface area is 220 Å². The van der Waals surface area contributed by atoms with Crippen LogP contribution in [0.4, 0.5) is 5.82 Å². The molecule has 3 aromatic heterocycles. The first-order chi connectivity index (χ1) is 15.8. The number of halogens is 2. The molecule has 1 unspecified atom stereocenters. The molecule has 0 spiro atoms. The number of anilines is 1. The predicted molar refractivity (Wildman–Crippen MR) is 147 cm³/mol. The van der Waals surface area contributed by atoms with Gasteiger partial charge in [-0.1, -0.05) is 26.8 Å². The molecule has 0 saturated carbocycles. The van der Waals surface area contributed by atoms with Crippen molar-refractivity contribution in [1.29, 1.82) is 0 Å². The Hall–Kier alpha value is -2.09. The lowest BCUT2D eigenvalue weighted by Crippen LogP contribution is -2.42. The summed E-state index contributed by atoms with van der Waals surface area (Å²) < 4.78 is 3.57. The first-order valence-corrected chi connectivity index (χ1v) is 12.2. The first-order valence-electron chi connectivity index (χ1n) is 12.2. The Bertz CT molecular complexity index is 1210. The molecular formula is C26H38Cl2N6O. The lowest BCUT2D eigenvalue weighted by molar-refractivity contribution is 0.199. The molecule has 0 bridgehead atoms. The molecule has 2 aliphatic heterocycles. The highest BCUT2D eigenvalue weighted by Crippen LogP contribution is 2.27. The van der Waals surface area contributed by atoms with Crippen molar-refractivity contribution in [2.24, 2.45) is 18.4 Å². The van der Waals surface area contributed by atoms with E-state index in [1.165, 1.54) is 24.1 Å². The van der Waals surface area contributed by atoms with Crippen molar-refractivity contribution in [3.8, 4) is 0 Å². The summed E-state index contributed by atoms with van der Waals surface area (Å²) in [6.45, 7) is 12.4. The number of hydrogen-bond acceptors (Lipinski definition) is 5. The molecule has 0 aromatic carbocycles. The predicted octanol–water partition coefficient (Wildman–Crippen LogP) is 4.29. The van der Waals surface area contributed by atoms with Gasteiger partial charge in [-0.2, -0.15) is 0 Å². The second kappa shape index (κ2) is 10.9. The maximum absolute atomic E-state index is 12.9. The summed E-state index contributed by atoms with van der Waals surface area (Å²) >= 11 is 0. The van der Waals surface area contributed by atoms with E-state index in [9.17, 15) is 4.79 Å². The van der Waals surface area contributed by atoms with E-state index in [-0.39, 0.29) is 35.9 Å². The van der Waals surface area contributed by atoms with Crippen LogP contribution >= 0.6 is 24.8 Å². The number of rotatable bonds is 4. The summed E-state index contributed by atoms with van der Waals surface area (Å²) in [5.41, 5.74) is 4.40. The van der Waals surface area contributed by atoms with Crippen LogP contribution in [0.3, 0.4) is 0 Å². The number of hydrogen-bond donors (Lipinski definition) is 0. The van der Waals surface area contributed by atoms with Gasteiger partial charge in [-0.15, -0.1) is 24.8 Å². The van der Waals surface area contributed by atoms with Gasteiger partial charge in [0.05, 0.1) is 5.52 Å². The van der Waals surface area contributed by atoms with Crippen LogP contribution in [0.25, 0.3) is 11.2 Å². The maximum Gasteiger partial charge on any atom is 0.330 e. The van der Waals surface area contributed by atoms with Crippen LogP contribution in [0.1, 0.15) is 44.9 Å². The third-order valence-corrected chi connectivity index (χ3v) is 7.00. The number of imidazole rings is 1. The molecule has 1 saturated heterocycles. The van der Waals surface area contributed by atoms with Crippen molar-refractivity contribution in [3.63, 3.8) is 0 Å². The lowest BCUT2D eigenvalue weighted by atomic mass is 9.96. The molecule has 0 aliphatic carbocycles. The first kappa shape index (κ1) is 27.5. The fourth-order valence-corrected chi connectivity index (χ4v) is 5.43. The Balaban J connectivity index is 0.00000171. The number of piperidine rings is 1. The molecule has 9 heteroatoms. The van der Waals surface area contributed by atoms with Crippen LogP contribution in [0, 0.1) is 11.3 Å². The fraction of sp³-hybridized carbons (Fsp3) is 0.577. The molecule has 35 heavy (non-hydrogen) atoms. The molecule has 0 N–H and O–H groups in total. The summed E-state index contributed by atoms with van der Waals surface area (Å²) in [5.74, 6) is 1.62. The SMILES string of the molecule is Cl.Cl.Cn1c(=O)n(CC(C)(C)C)c2ccc(N3CCCC(CN4CCc5ncccc5C4)C3)nc21. The molecule has 192 valence electrons. The summed E-state index contributed by atoms with van der Waals surface area (Å²) in [6, 6.07) is 8.46. The fourth-order valence-electron chi connectivity index (χ4n) is 5.43. The number of fused-ring (bicyclic) bond motifs is 2. The van der Waals surface area contributed by atoms with Gasteiger partial charge < -0.3 is 4.90 Å². The van der Waals surface area contributed by atoms with Crippen molar-refractivity contribution >= 4 is 41.8 Å². The molecule has 1 fully saturated rings. The van der Waals surface area contributed by atoms with E-state index >= 15 is 0 Å². The molecule has 2 aliphatic rings. The van der Waals surface area contributed by atoms with Gasteiger partial charge in [0.15, 0.2) is 5.65 Å². The zero-order chi connectivity index (χ0) is 23.2. The van der Waals surface area contributed by atoms with Gasteiger partial charge in [-0.25, -0.2) is 9.78 Å². The van der Waals surface area contributed by atoms with Gasteiger partial charge in [0, 0.05) is 64.6 Å². The van der Waals surface area contributed by atoms with Crippen molar-refractivity contribution in [2.75, 3.05) is 31.1 Å². The topological polar surface area (TPSA) is 59.2 Å². The number of aryl methyl sites for hydroxylation is 1. The second-order valence-corrected chi connectivity index (χ2v) is 11.0. The van der Waals surface area contributed by atoms with E-state index in [1.54, 1.807) is 4.57 Å².